The summed E-state index contributed by atoms with van der Waals surface area (Å²) in [7, 11) is 1.70. The Hall–Kier alpha value is -1.54. The molecule has 0 heterocycles. The molecule has 2 aromatic carbocycles. The van der Waals surface area contributed by atoms with E-state index in [2.05, 4.69) is 18.2 Å². The first-order valence-corrected chi connectivity index (χ1v) is 5.52. The van der Waals surface area contributed by atoms with Gasteiger partial charge in [-0.2, -0.15) is 0 Å². The first-order valence-electron chi connectivity index (χ1n) is 5.52. The van der Waals surface area contributed by atoms with Gasteiger partial charge in [-0.05, 0) is 30.2 Å². The lowest BCUT2D eigenvalue weighted by Crippen LogP contribution is -2.18. The summed E-state index contributed by atoms with van der Waals surface area (Å²) in [4.78, 5) is 0. The van der Waals surface area contributed by atoms with Crippen LogP contribution in [0.3, 0.4) is 0 Å². The van der Waals surface area contributed by atoms with E-state index < -0.39 is 0 Å². The van der Waals surface area contributed by atoms with Gasteiger partial charge in [-0.15, -0.1) is 0 Å². The predicted octanol–water partition coefficient (Wildman–Crippen LogP) is 2.74. The van der Waals surface area contributed by atoms with E-state index in [0.717, 1.165) is 12.2 Å². The van der Waals surface area contributed by atoms with Crippen molar-refractivity contribution >= 4 is 10.8 Å². The van der Waals surface area contributed by atoms with E-state index in [1.807, 2.05) is 25.1 Å². The molecule has 1 atom stereocenters. The van der Waals surface area contributed by atoms with Crippen molar-refractivity contribution in [2.45, 2.75) is 19.4 Å². The molecule has 2 heteroatoms. The van der Waals surface area contributed by atoms with Crippen molar-refractivity contribution in [2.24, 2.45) is 5.73 Å². The molecule has 0 aliphatic rings. The third-order valence-electron chi connectivity index (χ3n) is 2.74. The number of ether oxygens (including phenoxy) is 1. The third-order valence-corrected chi connectivity index (χ3v) is 2.74. The lowest BCUT2D eigenvalue weighted by molar-refractivity contribution is 0.409. The second kappa shape index (κ2) is 4.54. The van der Waals surface area contributed by atoms with Crippen molar-refractivity contribution in [1.82, 2.24) is 0 Å². The second-order valence-electron chi connectivity index (χ2n) is 4.15. The highest BCUT2D eigenvalue weighted by Crippen LogP contribution is 2.28. The number of benzene rings is 2. The van der Waals surface area contributed by atoms with Crippen molar-refractivity contribution in [1.29, 1.82) is 0 Å². The summed E-state index contributed by atoms with van der Waals surface area (Å²) in [5.74, 6) is 0.927. The van der Waals surface area contributed by atoms with Crippen LogP contribution >= 0.6 is 0 Å². The van der Waals surface area contributed by atoms with E-state index in [9.17, 15) is 0 Å². The largest absolute Gasteiger partial charge is 0.496 e. The molecule has 84 valence electrons. The van der Waals surface area contributed by atoms with Crippen molar-refractivity contribution in [3.05, 3.63) is 42.0 Å². The normalized spacial score (nSPS) is 12.7. The molecule has 0 aromatic heterocycles. The predicted molar refractivity (Wildman–Crippen MR) is 67.9 cm³/mol. The Morgan fingerprint density at radius 1 is 1.19 bits per heavy atom. The SMILES string of the molecule is COc1ccc2ccccc2c1C[C@@H](C)N. The maximum Gasteiger partial charge on any atom is 0.122 e. The van der Waals surface area contributed by atoms with Gasteiger partial charge >= 0.3 is 0 Å². The summed E-state index contributed by atoms with van der Waals surface area (Å²) in [5, 5.41) is 2.47. The van der Waals surface area contributed by atoms with Gasteiger partial charge in [0.2, 0.25) is 0 Å². The van der Waals surface area contributed by atoms with E-state index in [4.69, 9.17) is 10.5 Å². The highest BCUT2D eigenvalue weighted by Gasteiger charge is 2.09. The molecule has 0 saturated heterocycles. The maximum absolute atomic E-state index is 5.88. The fraction of sp³-hybridized carbons (Fsp3) is 0.286. The van der Waals surface area contributed by atoms with Gasteiger partial charge in [-0.25, -0.2) is 0 Å². The zero-order chi connectivity index (χ0) is 11.5. The van der Waals surface area contributed by atoms with Crippen LogP contribution in [0, 0.1) is 0 Å². The molecule has 2 aromatic rings. The fourth-order valence-corrected chi connectivity index (χ4v) is 2.04. The number of fused-ring (bicyclic) bond motifs is 1. The van der Waals surface area contributed by atoms with Crippen LogP contribution in [0.5, 0.6) is 5.75 Å². The first kappa shape index (κ1) is 11.0. The molecule has 2 nitrogen and oxygen atoms in total. The summed E-state index contributed by atoms with van der Waals surface area (Å²) in [6, 6.07) is 12.6. The van der Waals surface area contributed by atoms with Crippen molar-refractivity contribution in [3.8, 4) is 5.75 Å². The van der Waals surface area contributed by atoms with Gasteiger partial charge in [-0.3, -0.25) is 0 Å². The molecule has 2 rings (SSSR count). The van der Waals surface area contributed by atoms with E-state index in [1.54, 1.807) is 7.11 Å². The second-order valence-corrected chi connectivity index (χ2v) is 4.15. The van der Waals surface area contributed by atoms with Crippen molar-refractivity contribution in [2.75, 3.05) is 7.11 Å². The smallest absolute Gasteiger partial charge is 0.122 e. The maximum atomic E-state index is 5.88. The van der Waals surface area contributed by atoms with E-state index in [0.29, 0.717) is 0 Å². The number of rotatable bonds is 3. The van der Waals surface area contributed by atoms with Gasteiger partial charge in [-0.1, -0.05) is 30.3 Å². The monoisotopic (exact) mass is 215 g/mol. The molecule has 2 N–H and O–H groups in total. The average Bonchev–Trinajstić information content (AvgIpc) is 2.29. The first-order chi connectivity index (χ1) is 7.72. The Labute approximate surface area is 96.0 Å². The van der Waals surface area contributed by atoms with Gasteiger partial charge in [0.05, 0.1) is 7.11 Å². The molecule has 0 amide bonds. The van der Waals surface area contributed by atoms with E-state index >= 15 is 0 Å². The van der Waals surface area contributed by atoms with Gasteiger partial charge < -0.3 is 10.5 Å². The van der Waals surface area contributed by atoms with Gasteiger partial charge in [0.15, 0.2) is 0 Å². The zero-order valence-electron chi connectivity index (χ0n) is 9.73. The van der Waals surface area contributed by atoms with Crippen molar-refractivity contribution < 1.29 is 4.74 Å². The summed E-state index contributed by atoms with van der Waals surface area (Å²) in [6.07, 6.45) is 0.838. The van der Waals surface area contributed by atoms with Gasteiger partial charge in [0, 0.05) is 11.6 Å². The number of methoxy groups -OCH3 is 1. The van der Waals surface area contributed by atoms with Crippen LogP contribution in [0.25, 0.3) is 10.8 Å². The zero-order valence-corrected chi connectivity index (χ0v) is 9.73. The molecule has 0 unspecified atom stereocenters. The quantitative estimate of drug-likeness (QED) is 0.854. The Bertz CT molecular complexity index is 491. The average molecular weight is 215 g/mol. The molecular weight excluding hydrogens is 198 g/mol. The lowest BCUT2D eigenvalue weighted by Gasteiger charge is -2.13. The molecule has 0 spiro atoms. The van der Waals surface area contributed by atoms with E-state index in [1.165, 1.54) is 16.3 Å². The molecule has 0 aliphatic heterocycles. The van der Waals surface area contributed by atoms with Crippen LogP contribution in [-0.2, 0) is 6.42 Å². The Kier molecular flexibility index (Phi) is 3.11. The summed E-state index contributed by atoms with van der Waals surface area (Å²) >= 11 is 0. The van der Waals surface area contributed by atoms with Crippen LogP contribution < -0.4 is 10.5 Å². The molecule has 0 saturated carbocycles. The van der Waals surface area contributed by atoms with Crippen LogP contribution in [0.4, 0.5) is 0 Å². The molecule has 0 fully saturated rings. The highest BCUT2D eigenvalue weighted by atomic mass is 16.5. The number of hydrogen-bond donors (Lipinski definition) is 1. The topological polar surface area (TPSA) is 35.2 Å². The fourth-order valence-electron chi connectivity index (χ4n) is 2.04. The Balaban J connectivity index is 2.63. The summed E-state index contributed by atoms with van der Waals surface area (Å²) < 4.78 is 5.40. The summed E-state index contributed by atoms with van der Waals surface area (Å²) in [6.45, 7) is 2.02. The Morgan fingerprint density at radius 2 is 1.94 bits per heavy atom. The lowest BCUT2D eigenvalue weighted by atomic mass is 9.98. The van der Waals surface area contributed by atoms with Crippen LogP contribution in [0.1, 0.15) is 12.5 Å². The highest BCUT2D eigenvalue weighted by molar-refractivity contribution is 5.87. The van der Waals surface area contributed by atoms with Gasteiger partial charge in [0.25, 0.3) is 0 Å². The standard InChI is InChI=1S/C14H17NO/c1-10(15)9-13-12-6-4-3-5-11(12)7-8-14(13)16-2/h3-8,10H,9,15H2,1-2H3/t10-/m1/s1. The number of nitrogens with two attached hydrogens (primary N) is 1. The van der Waals surface area contributed by atoms with Crippen LogP contribution in [-0.4, -0.2) is 13.2 Å². The summed E-state index contributed by atoms with van der Waals surface area (Å²) in [5.41, 5.74) is 7.09. The van der Waals surface area contributed by atoms with Crippen molar-refractivity contribution in [3.63, 3.8) is 0 Å². The molecule has 0 aliphatic carbocycles. The molecule has 0 radical (unpaired) electrons. The van der Waals surface area contributed by atoms with Crippen LogP contribution in [0.15, 0.2) is 36.4 Å². The Morgan fingerprint density at radius 3 is 2.62 bits per heavy atom. The van der Waals surface area contributed by atoms with Gasteiger partial charge in [0.1, 0.15) is 5.75 Å². The minimum absolute atomic E-state index is 0.139. The van der Waals surface area contributed by atoms with E-state index in [-0.39, 0.29) is 6.04 Å². The van der Waals surface area contributed by atoms with Crippen LogP contribution in [0.2, 0.25) is 0 Å². The third kappa shape index (κ3) is 2.02. The number of hydrogen-bond acceptors (Lipinski definition) is 2. The minimum Gasteiger partial charge on any atom is -0.496 e. The molecule has 16 heavy (non-hydrogen) atoms. The molecule has 0 bridgehead atoms. The molecular formula is C14H17NO. The minimum atomic E-state index is 0.139.